The average Bonchev–Trinajstić information content (AvgIpc) is 2.09. The van der Waals surface area contributed by atoms with Crippen LogP contribution in [0, 0.1) is 0 Å². The summed E-state index contributed by atoms with van der Waals surface area (Å²) >= 11 is 0. The van der Waals surface area contributed by atoms with Crippen molar-refractivity contribution in [1.82, 2.24) is 0 Å². The minimum atomic E-state index is -4.36. The van der Waals surface area contributed by atoms with Gasteiger partial charge in [0, 0.05) is 0 Å². The molecule has 0 aromatic carbocycles. The first-order chi connectivity index (χ1) is 6.43. The van der Waals surface area contributed by atoms with E-state index in [0.717, 1.165) is 12.8 Å². The molecule has 0 rings (SSSR count). The average molecular weight is 262 g/mol. The van der Waals surface area contributed by atoms with Crippen molar-refractivity contribution in [2.45, 2.75) is 57.3 Å². The Balaban J connectivity index is 0. The number of hydrogen-bond acceptors (Lipinski definition) is 4. The van der Waals surface area contributed by atoms with Crippen molar-refractivity contribution in [3.8, 4) is 0 Å². The second kappa shape index (κ2) is 9.53. The van der Waals surface area contributed by atoms with Gasteiger partial charge in [-0.2, -0.15) is 0 Å². The van der Waals surface area contributed by atoms with Crippen LogP contribution in [-0.2, 0) is 10.1 Å². The zero-order valence-corrected chi connectivity index (χ0v) is 13.7. The normalized spacial score (nSPS) is 15.5. The minimum Gasteiger partial charge on any atom is -0.748 e. The molecule has 0 saturated heterocycles. The van der Waals surface area contributed by atoms with Gasteiger partial charge in [-0.1, -0.05) is 33.1 Å². The van der Waals surface area contributed by atoms with Crippen molar-refractivity contribution in [1.29, 1.82) is 0 Å². The van der Waals surface area contributed by atoms with Crippen LogP contribution in [0.4, 0.5) is 0 Å². The molecule has 0 bridgehead atoms. The van der Waals surface area contributed by atoms with E-state index in [1.807, 2.05) is 6.92 Å². The Morgan fingerprint density at radius 3 is 2.13 bits per heavy atom. The Morgan fingerprint density at radius 2 is 1.80 bits per heavy atom. The van der Waals surface area contributed by atoms with E-state index in [-0.39, 0.29) is 57.8 Å². The monoisotopic (exact) mass is 262 g/mol. The topological polar surface area (TPSA) is 77.4 Å². The molecule has 0 heterocycles. The first-order valence-electron chi connectivity index (χ1n) is 5.06. The van der Waals surface area contributed by atoms with Gasteiger partial charge in [0.15, 0.2) is 0 Å². The molecule has 0 amide bonds. The number of rotatable bonds is 7. The summed E-state index contributed by atoms with van der Waals surface area (Å²) in [5.41, 5.74) is 0. The standard InChI is InChI=1S/C9H20O4S.K/c1-3-5-6-7-9(8(10)4-2)14(11,12)13;/h8-10H,3-7H2,1-2H3,(H,11,12,13);/q;+1/p-1. The number of aliphatic hydroxyl groups excluding tert-OH is 1. The van der Waals surface area contributed by atoms with Crippen LogP contribution in [-0.4, -0.2) is 29.4 Å². The molecule has 0 aromatic rings. The Kier molecular flexibility index (Phi) is 12.0. The summed E-state index contributed by atoms with van der Waals surface area (Å²) in [6.45, 7) is 3.67. The molecule has 86 valence electrons. The number of hydrogen-bond donors (Lipinski definition) is 1. The van der Waals surface area contributed by atoms with E-state index in [1.54, 1.807) is 6.92 Å². The van der Waals surface area contributed by atoms with Crippen molar-refractivity contribution in [2.75, 3.05) is 0 Å². The first kappa shape index (κ1) is 18.9. The van der Waals surface area contributed by atoms with Gasteiger partial charge in [-0.25, -0.2) is 8.42 Å². The van der Waals surface area contributed by atoms with Crippen molar-refractivity contribution < 1.29 is 69.5 Å². The fourth-order valence-electron chi connectivity index (χ4n) is 1.39. The Bertz CT molecular complexity index is 240. The number of unbranched alkanes of at least 4 members (excludes halogenated alkanes) is 2. The molecule has 2 unspecified atom stereocenters. The Hall–Kier alpha value is 1.51. The van der Waals surface area contributed by atoms with Crippen LogP contribution in [0.5, 0.6) is 0 Å². The second-order valence-corrected chi connectivity index (χ2v) is 5.09. The fraction of sp³-hybridized carbons (Fsp3) is 1.00. The van der Waals surface area contributed by atoms with Crippen LogP contribution in [0.2, 0.25) is 0 Å². The smallest absolute Gasteiger partial charge is 0.748 e. The third kappa shape index (κ3) is 8.26. The van der Waals surface area contributed by atoms with Gasteiger partial charge < -0.3 is 9.66 Å². The largest absolute Gasteiger partial charge is 1.00 e. The number of aliphatic hydroxyl groups is 1. The summed E-state index contributed by atoms with van der Waals surface area (Å²) in [7, 11) is -4.36. The zero-order chi connectivity index (χ0) is 11.2. The van der Waals surface area contributed by atoms with Crippen LogP contribution >= 0.6 is 0 Å². The van der Waals surface area contributed by atoms with E-state index < -0.39 is 21.5 Å². The maximum absolute atomic E-state index is 10.8. The minimum absolute atomic E-state index is 0. The summed E-state index contributed by atoms with van der Waals surface area (Å²) < 4.78 is 32.4. The van der Waals surface area contributed by atoms with Gasteiger partial charge in [0.1, 0.15) is 10.1 Å². The molecular formula is C9H19KO4S. The maximum Gasteiger partial charge on any atom is 1.00 e. The molecule has 6 heteroatoms. The second-order valence-electron chi connectivity index (χ2n) is 3.50. The van der Waals surface area contributed by atoms with E-state index in [1.165, 1.54) is 0 Å². The van der Waals surface area contributed by atoms with Gasteiger partial charge in [-0.05, 0) is 12.8 Å². The van der Waals surface area contributed by atoms with Gasteiger partial charge in [-0.15, -0.1) is 0 Å². The zero-order valence-electron chi connectivity index (χ0n) is 9.77. The quantitative estimate of drug-likeness (QED) is 0.335. The van der Waals surface area contributed by atoms with Crippen LogP contribution < -0.4 is 51.4 Å². The third-order valence-electron chi connectivity index (χ3n) is 2.31. The van der Waals surface area contributed by atoms with Crippen molar-refractivity contribution in [3.05, 3.63) is 0 Å². The summed E-state index contributed by atoms with van der Waals surface area (Å²) in [6, 6.07) is 0. The Labute approximate surface area is 135 Å². The molecule has 0 saturated carbocycles. The molecular weight excluding hydrogens is 243 g/mol. The summed E-state index contributed by atoms with van der Waals surface area (Å²) in [5.74, 6) is 0. The molecule has 15 heavy (non-hydrogen) atoms. The third-order valence-corrected chi connectivity index (χ3v) is 3.60. The first-order valence-corrected chi connectivity index (χ1v) is 6.53. The van der Waals surface area contributed by atoms with E-state index in [4.69, 9.17) is 0 Å². The van der Waals surface area contributed by atoms with Gasteiger partial charge in [-0.3, -0.25) is 0 Å². The molecule has 2 atom stereocenters. The van der Waals surface area contributed by atoms with Gasteiger partial charge >= 0.3 is 51.4 Å². The summed E-state index contributed by atoms with van der Waals surface area (Å²) in [4.78, 5) is 0. The van der Waals surface area contributed by atoms with Gasteiger partial charge in [0.05, 0.1) is 11.4 Å². The van der Waals surface area contributed by atoms with Crippen LogP contribution in [0.15, 0.2) is 0 Å². The predicted molar refractivity (Wildman–Crippen MR) is 53.9 cm³/mol. The van der Waals surface area contributed by atoms with Crippen molar-refractivity contribution >= 4 is 10.1 Å². The van der Waals surface area contributed by atoms with E-state index in [2.05, 4.69) is 0 Å². The van der Waals surface area contributed by atoms with Gasteiger partial charge in [0.2, 0.25) is 0 Å². The summed E-state index contributed by atoms with van der Waals surface area (Å²) in [6.07, 6.45) is 2.09. The van der Waals surface area contributed by atoms with Crippen LogP contribution in [0.25, 0.3) is 0 Å². The molecule has 0 fully saturated rings. The molecule has 4 nitrogen and oxygen atoms in total. The molecule has 0 aliphatic heterocycles. The fourth-order valence-corrected chi connectivity index (χ4v) is 2.42. The van der Waals surface area contributed by atoms with E-state index in [0.29, 0.717) is 12.8 Å². The Morgan fingerprint density at radius 1 is 1.27 bits per heavy atom. The van der Waals surface area contributed by atoms with Crippen molar-refractivity contribution in [3.63, 3.8) is 0 Å². The molecule has 0 spiro atoms. The maximum atomic E-state index is 10.8. The molecule has 0 aromatic heterocycles. The predicted octanol–water partition coefficient (Wildman–Crippen LogP) is -1.74. The molecule has 0 aliphatic rings. The van der Waals surface area contributed by atoms with Crippen LogP contribution in [0.1, 0.15) is 46.0 Å². The van der Waals surface area contributed by atoms with Gasteiger partial charge in [0.25, 0.3) is 0 Å². The van der Waals surface area contributed by atoms with Crippen LogP contribution in [0.3, 0.4) is 0 Å². The van der Waals surface area contributed by atoms with E-state index >= 15 is 0 Å². The summed E-state index contributed by atoms with van der Waals surface area (Å²) in [5, 5.41) is 8.25. The SMILES string of the molecule is CCCCCC(C(O)CC)S(=O)(=O)[O-].[K+]. The molecule has 0 radical (unpaired) electrons. The molecule has 1 N–H and O–H groups in total. The van der Waals surface area contributed by atoms with E-state index in [9.17, 15) is 18.1 Å². The van der Waals surface area contributed by atoms with Crippen molar-refractivity contribution in [2.24, 2.45) is 0 Å². The molecule has 0 aliphatic carbocycles.